The minimum absolute atomic E-state index is 0.0587. The van der Waals surface area contributed by atoms with Crippen LogP contribution in [0.25, 0.3) is 0 Å². The number of nitriles is 1. The summed E-state index contributed by atoms with van der Waals surface area (Å²) in [7, 11) is 0. The summed E-state index contributed by atoms with van der Waals surface area (Å²) in [5.74, 6) is 0.220. The summed E-state index contributed by atoms with van der Waals surface area (Å²) in [6.07, 6.45) is 1.37. The van der Waals surface area contributed by atoms with Crippen LogP contribution in [-0.4, -0.2) is 47.9 Å². The van der Waals surface area contributed by atoms with Gasteiger partial charge in [-0.15, -0.1) is 0 Å². The summed E-state index contributed by atoms with van der Waals surface area (Å²) >= 11 is 0. The molecule has 0 N–H and O–H groups in total. The molecule has 1 aliphatic rings. The Kier molecular flexibility index (Phi) is 5.14. The van der Waals surface area contributed by atoms with Crippen molar-refractivity contribution in [3.8, 4) is 6.07 Å². The van der Waals surface area contributed by atoms with Crippen LogP contribution in [0.2, 0.25) is 0 Å². The van der Waals surface area contributed by atoms with Gasteiger partial charge in [-0.1, -0.05) is 30.3 Å². The highest BCUT2D eigenvalue weighted by atomic mass is 16.2. The number of nitrogens with zero attached hydrogens (tertiary/aromatic N) is 3. The molecule has 20 heavy (non-hydrogen) atoms. The Balaban J connectivity index is 1.76. The molecule has 1 unspecified atom stereocenters. The number of carbonyl (C=O) groups is 1. The molecule has 1 aromatic rings. The third kappa shape index (κ3) is 3.82. The van der Waals surface area contributed by atoms with Crippen LogP contribution in [0.4, 0.5) is 0 Å². The number of benzene rings is 1. The van der Waals surface area contributed by atoms with Crippen molar-refractivity contribution in [3.05, 3.63) is 35.9 Å². The molecule has 106 valence electrons. The zero-order chi connectivity index (χ0) is 14.4. The molecule has 1 saturated heterocycles. The zero-order valence-electron chi connectivity index (χ0n) is 12.0. The fraction of sp³-hybridized carbons (Fsp3) is 0.500. The molecule has 4 nitrogen and oxygen atoms in total. The summed E-state index contributed by atoms with van der Waals surface area (Å²) < 4.78 is 0. The molecule has 1 atom stereocenters. The monoisotopic (exact) mass is 271 g/mol. The van der Waals surface area contributed by atoms with Crippen LogP contribution in [0.1, 0.15) is 18.9 Å². The van der Waals surface area contributed by atoms with E-state index in [4.69, 9.17) is 5.26 Å². The molecule has 0 aliphatic carbocycles. The number of carbonyl (C=O) groups excluding carboxylic acids is 1. The second kappa shape index (κ2) is 7.06. The van der Waals surface area contributed by atoms with Gasteiger partial charge >= 0.3 is 0 Å². The largest absolute Gasteiger partial charge is 0.340 e. The van der Waals surface area contributed by atoms with Crippen molar-refractivity contribution in [1.82, 2.24) is 9.80 Å². The summed E-state index contributed by atoms with van der Waals surface area (Å²) in [5, 5.41) is 8.90. The van der Waals surface area contributed by atoms with Gasteiger partial charge in [-0.05, 0) is 18.9 Å². The van der Waals surface area contributed by atoms with E-state index in [9.17, 15) is 4.79 Å². The third-order valence-corrected chi connectivity index (χ3v) is 3.87. The average molecular weight is 271 g/mol. The summed E-state index contributed by atoms with van der Waals surface area (Å²) in [4.78, 5) is 16.2. The van der Waals surface area contributed by atoms with E-state index in [-0.39, 0.29) is 11.9 Å². The van der Waals surface area contributed by atoms with E-state index in [1.807, 2.05) is 30.0 Å². The van der Waals surface area contributed by atoms with Crippen LogP contribution in [0, 0.1) is 11.3 Å². The highest BCUT2D eigenvalue weighted by Crippen LogP contribution is 2.09. The molecule has 0 saturated carbocycles. The SMILES string of the molecule is CC(C#N)N1CCN(C(=O)CCc2ccccc2)CC1. The number of amides is 1. The first-order valence-corrected chi connectivity index (χ1v) is 7.16. The molecule has 1 aromatic carbocycles. The van der Waals surface area contributed by atoms with Crippen LogP contribution < -0.4 is 0 Å². The number of aryl methyl sites for hydroxylation is 1. The quantitative estimate of drug-likeness (QED) is 0.837. The van der Waals surface area contributed by atoms with Gasteiger partial charge in [0.05, 0.1) is 12.1 Å². The molecule has 0 aromatic heterocycles. The summed E-state index contributed by atoms with van der Waals surface area (Å²) in [6, 6.07) is 12.3. The Hall–Kier alpha value is -1.86. The lowest BCUT2D eigenvalue weighted by Gasteiger charge is -2.36. The molecule has 4 heteroatoms. The maximum absolute atomic E-state index is 12.2. The van der Waals surface area contributed by atoms with Crippen molar-refractivity contribution in [1.29, 1.82) is 5.26 Å². The van der Waals surface area contributed by atoms with E-state index in [2.05, 4.69) is 23.1 Å². The maximum atomic E-state index is 12.2. The van der Waals surface area contributed by atoms with Crippen molar-refractivity contribution < 1.29 is 4.79 Å². The Morgan fingerprint density at radius 3 is 2.50 bits per heavy atom. The van der Waals surface area contributed by atoms with Gasteiger partial charge in [0.2, 0.25) is 5.91 Å². The maximum Gasteiger partial charge on any atom is 0.222 e. The minimum Gasteiger partial charge on any atom is -0.340 e. The van der Waals surface area contributed by atoms with Crippen LogP contribution in [0.5, 0.6) is 0 Å². The van der Waals surface area contributed by atoms with E-state index in [1.54, 1.807) is 0 Å². The number of hydrogen-bond acceptors (Lipinski definition) is 3. The molecule has 0 bridgehead atoms. The van der Waals surface area contributed by atoms with Crippen LogP contribution in [0.15, 0.2) is 30.3 Å². The molecule has 1 heterocycles. The van der Waals surface area contributed by atoms with Gasteiger partial charge in [0.25, 0.3) is 0 Å². The van der Waals surface area contributed by atoms with Gasteiger partial charge < -0.3 is 4.90 Å². The molecule has 0 radical (unpaired) electrons. The molecule has 1 amide bonds. The van der Waals surface area contributed by atoms with Crippen molar-refractivity contribution in [3.63, 3.8) is 0 Å². The first-order valence-electron chi connectivity index (χ1n) is 7.16. The van der Waals surface area contributed by atoms with Gasteiger partial charge in [0.1, 0.15) is 0 Å². The summed E-state index contributed by atoms with van der Waals surface area (Å²) in [6.45, 7) is 4.98. The Morgan fingerprint density at radius 2 is 1.90 bits per heavy atom. The molecule has 1 fully saturated rings. The lowest BCUT2D eigenvalue weighted by molar-refractivity contribution is -0.133. The fourth-order valence-electron chi connectivity index (χ4n) is 2.49. The van der Waals surface area contributed by atoms with E-state index in [0.29, 0.717) is 6.42 Å². The highest BCUT2D eigenvalue weighted by Gasteiger charge is 2.23. The lowest BCUT2D eigenvalue weighted by Crippen LogP contribution is -2.51. The Morgan fingerprint density at radius 1 is 1.25 bits per heavy atom. The summed E-state index contributed by atoms with van der Waals surface area (Å²) in [5.41, 5.74) is 1.21. The van der Waals surface area contributed by atoms with E-state index in [0.717, 1.165) is 32.6 Å². The Labute approximate surface area is 120 Å². The van der Waals surface area contributed by atoms with Gasteiger partial charge in [-0.3, -0.25) is 9.69 Å². The predicted molar refractivity (Wildman–Crippen MR) is 78.0 cm³/mol. The predicted octanol–water partition coefficient (Wildman–Crippen LogP) is 1.68. The molecular formula is C16H21N3O. The number of rotatable bonds is 4. The minimum atomic E-state index is -0.0587. The molecule has 0 spiro atoms. The second-order valence-electron chi connectivity index (χ2n) is 5.21. The van der Waals surface area contributed by atoms with Crippen LogP contribution in [-0.2, 0) is 11.2 Å². The van der Waals surface area contributed by atoms with Gasteiger partial charge in [0, 0.05) is 32.6 Å². The second-order valence-corrected chi connectivity index (χ2v) is 5.21. The number of hydrogen-bond donors (Lipinski definition) is 0. The van der Waals surface area contributed by atoms with E-state index < -0.39 is 0 Å². The van der Waals surface area contributed by atoms with Crippen LogP contribution >= 0.6 is 0 Å². The number of piperazine rings is 1. The van der Waals surface area contributed by atoms with Crippen LogP contribution in [0.3, 0.4) is 0 Å². The zero-order valence-corrected chi connectivity index (χ0v) is 12.0. The standard InChI is InChI=1S/C16H21N3O/c1-14(13-17)18-9-11-19(12-10-18)16(20)8-7-15-5-3-2-4-6-15/h2-6,14H,7-12H2,1H3. The van der Waals surface area contributed by atoms with Crippen molar-refractivity contribution in [2.24, 2.45) is 0 Å². The average Bonchev–Trinajstić information content (AvgIpc) is 2.53. The highest BCUT2D eigenvalue weighted by molar-refractivity contribution is 5.76. The fourth-order valence-corrected chi connectivity index (χ4v) is 2.49. The van der Waals surface area contributed by atoms with Gasteiger partial charge in [0.15, 0.2) is 0 Å². The normalized spacial score (nSPS) is 17.5. The smallest absolute Gasteiger partial charge is 0.222 e. The van der Waals surface area contributed by atoms with Gasteiger partial charge in [-0.25, -0.2) is 0 Å². The van der Waals surface area contributed by atoms with Crippen molar-refractivity contribution in [2.45, 2.75) is 25.8 Å². The van der Waals surface area contributed by atoms with E-state index in [1.165, 1.54) is 5.56 Å². The molecule has 2 rings (SSSR count). The van der Waals surface area contributed by atoms with Gasteiger partial charge in [-0.2, -0.15) is 5.26 Å². The Bertz CT molecular complexity index is 472. The first-order chi connectivity index (χ1) is 9.70. The molecule has 1 aliphatic heterocycles. The lowest BCUT2D eigenvalue weighted by atomic mass is 10.1. The topological polar surface area (TPSA) is 47.3 Å². The first kappa shape index (κ1) is 14.5. The van der Waals surface area contributed by atoms with Crippen molar-refractivity contribution in [2.75, 3.05) is 26.2 Å². The van der Waals surface area contributed by atoms with E-state index >= 15 is 0 Å². The third-order valence-electron chi connectivity index (χ3n) is 3.87. The molecular weight excluding hydrogens is 250 g/mol. The van der Waals surface area contributed by atoms with Crippen molar-refractivity contribution >= 4 is 5.91 Å².